The van der Waals surface area contributed by atoms with Crippen LogP contribution in [0.1, 0.15) is 51.9 Å². The Balaban J connectivity index is 2.16. The predicted molar refractivity (Wildman–Crippen MR) is 49.0 cm³/mol. The number of halogens is 1. The maximum Gasteiger partial charge on any atom is 0.0452 e. The fourth-order valence-corrected chi connectivity index (χ4v) is 3.62. The lowest BCUT2D eigenvalue weighted by Gasteiger charge is -2.47. The first-order valence-electron chi connectivity index (χ1n) is 4.81. The molecule has 2 saturated carbocycles. The molecule has 1 heteroatoms. The van der Waals surface area contributed by atoms with Crippen LogP contribution >= 0.6 is 11.6 Å². The van der Waals surface area contributed by atoms with E-state index in [0.29, 0.717) is 5.41 Å². The van der Waals surface area contributed by atoms with Crippen LogP contribution in [0.4, 0.5) is 0 Å². The summed E-state index contributed by atoms with van der Waals surface area (Å²) < 4.78 is 0. The smallest absolute Gasteiger partial charge is 0.0452 e. The topological polar surface area (TPSA) is 0 Å². The standard InChI is InChI=1S/C10H17Cl/c1-9-4-2-6-10(11,8-9)7-3-5-9/h2-8H2,1H3. The summed E-state index contributed by atoms with van der Waals surface area (Å²) in [5.74, 6) is 0. The molecule has 0 nitrogen and oxygen atoms in total. The van der Waals surface area contributed by atoms with Crippen molar-refractivity contribution in [3.63, 3.8) is 0 Å². The van der Waals surface area contributed by atoms with E-state index < -0.39 is 0 Å². The van der Waals surface area contributed by atoms with Crippen molar-refractivity contribution in [2.24, 2.45) is 5.41 Å². The van der Waals surface area contributed by atoms with Crippen LogP contribution in [-0.4, -0.2) is 4.87 Å². The zero-order valence-corrected chi connectivity index (χ0v) is 8.08. The minimum absolute atomic E-state index is 0.214. The van der Waals surface area contributed by atoms with E-state index >= 15 is 0 Å². The van der Waals surface area contributed by atoms with Crippen LogP contribution in [0.3, 0.4) is 0 Å². The molecule has 2 aliphatic rings. The summed E-state index contributed by atoms with van der Waals surface area (Å²) >= 11 is 6.50. The molecule has 2 bridgehead atoms. The maximum absolute atomic E-state index is 6.50. The van der Waals surface area contributed by atoms with Gasteiger partial charge in [-0.2, -0.15) is 0 Å². The molecule has 0 amide bonds. The Morgan fingerprint density at radius 3 is 1.91 bits per heavy atom. The van der Waals surface area contributed by atoms with Crippen LogP contribution in [0.2, 0.25) is 0 Å². The van der Waals surface area contributed by atoms with E-state index in [2.05, 4.69) is 6.92 Å². The summed E-state index contributed by atoms with van der Waals surface area (Å²) in [7, 11) is 0. The van der Waals surface area contributed by atoms with Crippen molar-refractivity contribution in [1.82, 2.24) is 0 Å². The highest BCUT2D eigenvalue weighted by Gasteiger charge is 2.43. The van der Waals surface area contributed by atoms with Gasteiger partial charge in [0.15, 0.2) is 0 Å². The zero-order chi connectivity index (χ0) is 7.95. The van der Waals surface area contributed by atoms with Crippen molar-refractivity contribution in [3.8, 4) is 0 Å². The van der Waals surface area contributed by atoms with Crippen molar-refractivity contribution in [2.75, 3.05) is 0 Å². The molecule has 0 radical (unpaired) electrons. The average molecular weight is 173 g/mol. The molecule has 11 heavy (non-hydrogen) atoms. The normalized spacial score (nSPS) is 50.7. The summed E-state index contributed by atoms with van der Waals surface area (Å²) in [6, 6.07) is 0. The first kappa shape index (κ1) is 7.91. The fourth-order valence-electron chi connectivity index (χ4n) is 3.03. The van der Waals surface area contributed by atoms with Crippen molar-refractivity contribution >= 4 is 11.6 Å². The number of hydrogen-bond acceptors (Lipinski definition) is 0. The number of hydrogen-bond donors (Lipinski definition) is 0. The van der Waals surface area contributed by atoms with Gasteiger partial charge in [0.2, 0.25) is 0 Å². The van der Waals surface area contributed by atoms with Gasteiger partial charge in [-0.1, -0.05) is 19.8 Å². The zero-order valence-electron chi connectivity index (χ0n) is 7.33. The number of fused-ring (bicyclic) bond motifs is 2. The second kappa shape index (κ2) is 2.39. The van der Waals surface area contributed by atoms with Gasteiger partial charge in [-0.3, -0.25) is 0 Å². The van der Waals surface area contributed by atoms with Gasteiger partial charge in [0.25, 0.3) is 0 Å². The van der Waals surface area contributed by atoms with Crippen molar-refractivity contribution < 1.29 is 0 Å². The third-order valence-electron chi connectivity index (χ3n) is 3.55. The third kappa shape index (κ3) is 1.42. The number of alkyl halides is 1. The SMILES string of the molecule is CC12CCCC(Cl)(CCC1)C2. The molecule has 0 aliphatic heterocycles. The van der Waals surface area contributed by atoms with Crippen LogP contribution < -0.4 is 0 Å². The van der Waals surface area contributed by atoms with E-state index in [0.717, 1.165) is 0 Å². The van der Waals surface area contributed by atoms with Gasteiger partial charge in [0.1, 0.15) is 0 Å². The van der Waals surface area contributed by atoms with Gasteiger partial charge < -0.3 is 0 Å². The van der Waals surface area contributed by atoms with E-state index in [1.807, 2.05) is 0 Å². The highest BCUT2D eigenvalue weighted by Crippen LogP contribution is 2.53. The molecular weight excluding hydrogens is 156 g/mol. The van der Waals surface area contributed by atoms with Crippen LogP contribution in [0.15, 0.2) is 0 Å². The van der Waals surface area contributed by atoms with E-state index in [1.165, 1.54) is 44.9 Å². The van der Waals surface area contributed by atoms with E-state index in [1.54, 1.807) is 0 Å². The quantitative estimate of drug-likeness (QED) is 0.489. The first-order valence-corrected chi connectivity index (χ1v) is 5.19. The molecule has 2 fully saturated rings. The van der Waals surface area contributed by atoms with Crippen LogP contribution in [0, 0.1) is 5.41 Å². The van der Waals surface area contributed by atoms with Gasteiger partial charge in [0, 0.05) is 4.87 Å². The van der Waals surface area contributed by atoms with Crippen molar-refractivity contribution in [1.29, 1.82) is 0 Å². The molecule has 64 valence electrons. The summed E-state index contributed by atoms with van der Waals surface area (Å²) in [5.41, 5.74) is 0.609. The van der Waals surface area contributed by atoms with Gasteiger partial charge in [-0.15, -0.1) is 11.6 Å². The summed E-state index contributed by atoms with van der Waals surface area (Å²) in [6.45, 7) is 2.42. The van der Waals surface area contributed by atoms with Crippen LogP contribution in [0.25, 0.3) is 0 Å². The van der Waals surface area contributed by atoms with Gasteiger partial charge in [-0.25, -0.2) is 0 Å². The number of rotatable bonds is 0. The third-order valence-corrected chi connectivity index (χ3v) is 4.07. The molecule has 2 aliphatic carbocycles. The highest BCUT2D eigenvalue weighted by molar-refractivity contribution is 6.24. The van der Waals surface area contributed by atoms with E-state index in [4.69, 9.17) is 11.6 Å². The molecule has 0 spiro atoms. The Morgan fingerprint density at radius 1 is 1.00 bits per heavy atom. The molecular formula is C10H17Cl. The molecule has 0 unspecified atom stereocenters. The van der Waals surface area contributed by atoms with Gasteiger partial charge in [0.05, 0.1) is 0 Å². The highest BCUT2D eigenvalue weighted by atomic mass is 35.5. The second-order valence-electron chi connectivity index (χ2n) is 4.85. The maximum atomic E-state index is 6.50. The van der Waals surface area contributed by atoms with E-state index in [9.17, 15) is 0 Å². The Kier molecular flexibility index (Phi) is 1.72. The van der Waals surface area contributed by atoms with Crippen LogP contribution in [-0.2, 0) is 0 Å². The monoisotopic (exact) mass is 172 g/mol. The van der Waals surface area contributed by atoms with E-state index in [-0.39, 0.29) is 4.87 Å². The molecule has 0 N–H and O–H groups in total. The van der Waals surface area contributed by atoms with Crippen molar-refractivity contribution in [2.45, 2.75) is 56.7 Å². The Hall–Kier alpha value is 0.290. The Labute approximate surface area is 74.3 Å². The summed E-state index contributed by atoms with van der Waals surface area (Å²) in [5, 5.41) is 0. The first-order chi connectivity index (χ1) is 5.12. The summed E-state index contributed by atoms with van der Waals surface area (Å²) in [4.78, 5) is 0.214. The molecule has 0 aromatic rings. The minimum Gasteiger partial charge on any atom is -0.119 e. The Morgan fingerprint density at radius 2 is 1.55 bits per heavy atom. The largest absolute Gasteiger partial charge is 0.119 e. The molecule has 2 rings (SSSR count). The van der Waals surface area contributed by atoms with Gasteiger partial charge >= 0.3 is 0 Å². The summed E-state index contributed by atoms with van der Waals surface area (Å²) in [6.07, 6.45) is 9.37. The lowest BCUT2D eigenvalue weighted by atomic mass is 9.63. The molecule has 0 aromatic carbocycles. The average Bonchev–Trinajstić information content (AvgIpc) is 1.83. The minimum atomic E-state index is 0.214. The van der Waals surface area contributed by atoms with Crippen molar-refractivity contribution in [3.05, 3.63) is 0 Å². The molecule has 0 aromatic heterocycles. The molecule has 0 heterocycles. The Bertz CT molecular complexity index is 136. The molecule has 0 atom stereocenters. The van der Waals surface area contributed by atoms with Gasteiger partial charge in [-0.05, 0) is 37.5 Å². The molecule has 0 saturated heterocycles. The second-order valence-corrected chi connectivity index (χ2v) is 5.65. The van der Waals surface area contributed by atoms with Crippen LogP contribution in [0.5, 0.6) is 0 Å². The fraction of sp³-hybridized carbons (Fsp3) is 1.00. The lowest BCUT2D eigenvalue weighted by molar-refractivity contribution is 0.112. The predicted octanol–water partition coefficient (Wildman–Crippen LogP) is 3.73. The lowest BCUT2D eigenvalue weighted by Crippen LogP contribution is -2.39.